The monoisotopic (exact) mass is 563 g/mol. The molecule has 192 valence electrons. The third-order valence-corrected chi connectivity index (χ3v) is 8.42. The van der Waals surface area contributed by atoms with E-state index in [1.807, 2.05) is 18.2 Å². The van der Waals surface area contributed by atoms with Gasteiger partial charge in [0, 0.05) is 5.39 Å². The largest absolute Gasteiger partial charge is 0.497 e. The number of anilines is 1. The van der Waals surface area contributed by atoms with Crippen LogP contribution in [0, 0.1) is 0 Å². The van der Waals surface area contributed by atoms with E-state index >= 15 is 0 Å². The van der Waals surface area contributed by atoms with Crippen molar-refractivity contribution in [2.24, 2.45) is 0 Å². The van der Waals surface area contributed by atoms with Crippen LogP contribution in [0.25, 0.3) is 16.8 Å². The molecule has 1 amide bonds. The average molecular weight is 564 g/mol. The van der Waals surface area contributed by atoms with Crippen molar-refractivity contribution in [3.63, 3.8) is 0 Å². The molecule has 0 N–H and O–H groups in total. The van der Waals surface area contributed by atoms with E-state index < -0.39 is 10.1 Å². The second-order valence-corrected chi connectivity index (χ2v) is 11.3. The van der Waals surface area contributed by atoms with Crippen LogP contribution in [0.3, 0.4) is 0 Å². The summed E-state index contributed by atoms with van der Waals surface area (Å²) < 4.78 is 42.8. The Labute approximate surface area is 229 Å². The zero-order valence-corrected chi connectivity index (χ0v) is 22.7. The SMILES string of the molecule is COc1ccc(N2C(=O)/C(=C\c3ccc(OS(=O)(=O)c4cccc5ccccc45)c(OC)c3)SC2=S)cc1. The number of hydrogen-bond donors (Lipinski definition) is 0. The van der Waals surface area contributed by atoms with E-state index in [-0.39, 0.29) is 22.3 Å². The fourth-order valence-electron chi connectivity index (χ4n) is 3.99. The van der Waals surface area contributed by atoms with E-state index in [0.29, 0.717) is 31.6 Å². The van der Waals surface area contributed by atoms with Gasteiger partial charge in [0.05, 0.1) is 24.8 Å². The molecule has 1 heterocycles. The van der Waals surface area contributed by atoms with Gasteiger partial charge in [-0.15, -0.1) is 0 Å². The summed E-state index contributed by atoms with van der Waals surface area (Å²) >= 11 is 6.62. The van der Waals surface area contributed by atoms with Crippen LogP contribution in [0.2, 0.25) is 0 Å². The third kappa shape index (κ3) is 4.98. The van der Waals surface area contributed by atoms with E-state index in [0.717, 1.165) is 5.39 Å². The molecular formula is C28H21NO6S3. The van der Waals surface area contributed by atoms with Crippen LogP contribution in [0.4, 0.5) is 5.69 Å². The van der Waals surface area contributed by atoms with Crippen molar-refractivity contribution < 1.29 is 26.9 Å². The van der Waals surface area contributed by atoms with Crippen LogP contribution in [0.15, 0.2) is 94.7 Å². The minimum Gasteiger partial charge on any atom is -0.497 e. The van der Waals surface area contributed by atoms with Crippen molar-refractivity contribution >= 4 is 66.9 Å². The molecule has 1 aliphatic rings. The van der Waals surface area contributed by atoms with Gasteiger partial charge in [0.2, 0.25) is 0 Å². The Balaban J connectivity index is 1.41. The number of methoxy groups -OCH3 is 2. The molecule has 5 rings (SSSR count). The Morgan fingerprint density at radius 1 is 0.868 bits per heavy atom. The number of fused-ring (bicyclic) bond motifs is 1. The zero-order chi connectivity index (χ0) is 26.9. The Kier molecular flexibility index (Phi) is 7.11. The van der Waals surface area contributed by atoms with E-state index in [4.69, 9.17) is 25.9 Å². The van der Waals surface area contributed by atoms with Crippen LogP contribution in [-0.4, -0.2) is 32.9 Å². The van der Waals surface area contributed by atoms with Gasteiger partial charge >= 0.3 is 10.1 Å². The number of amides is 1. The Hall–Kier alpha value is -3.86. The minimum atomic E-state index is -4.15. The summed E-state index contributed by atoms with van der Waals surface area (Å²) in [5, 5.41) is 1.34. The fourth-order valence-corrected chi connectivity index (χ4v) is 6.46. The summed E-state index contributed by atoms with van der Waals surface area (Å²) in [5.41, 5.74) is 1.25. The van der Waals surface area contributed by atoms with Crippen molar-refractivity contribution in [2.45, 2.75) is 4.90 Å². The lowest BCUT2D eigenvalue weighted by Crippen LogP contribution is -2.27. The molecule has 0 radical (unpaired) electrons. The molecule has 0 unspecified atom stereocenters. The van der Waals surface area contributed by atoms with E-state index in [9.17, 15) is 13.2 Å². The Morgan fingerprint density at radius 2 is 1.61 bits per heavy atom. The molecule has 0 aliphatic carbocycles. The number of carbonyl (C=O) groups excluding carboxylic acids is 1. The first kappa shape index (κ1) is 25.8. The highest BCUT2D eigenvalue weighted by atomic mass is 32.2. The summed E-state index contributed by atoms with van der Waals surface area (Å²) in [6.45, 7) is 0. The van der Waals surface area contributed by atoms with Crippen molar-refractivity contribution in [1.82, 2.24) is 0 Å². The van der Waals surface area contributed by atoms with E-state index in [1.165, 1.54) is 35.9 Å². The molecular weight excluding hydrogens is 543 g/mol. The van der Waals surface area contributed by atoms with Gasteiger partial charge in [-0.1, -0.05) is 66.4 Å². The normalized spacial score (nSPS) is 14.8. The standard InChI is InChI=1S/C28H21NO6S3/c1-33-21-13-11-20(12-14-21)29-27(30)25(37-28(29)36)17-18-10-15-23(24(16-18)34-2)35-38(31,32)26-9-5-7-19-6-3-4-8-22(19)26/h3-17H,1-2H3/b25-17+. The van der Waals surface area contributed by atoms with Crippen LogP contribution < -0.4 is 18.6 Å². The summed E-state index contributed by atoms with van der Waals surface area (Å²) in [5.74, 6) is 0.645. The van der Waals surface area contributed by atoms with Crippen molar-refractivity contribution in [3.8, 4) is 17.2 Å². The number of benzene rings is 4. The summed E-state index contributed by atoms with van der Waals surface area (Å²) in [4.78, 5) is 15.1. The van der Waals surface area contributed by atoms with E-state index in [2.05, 4.69) is 0 Å². The second-order valence-electron chi connectivity index (χ2n) is 8.14. The zero-order valence-electron chi connectivity index (χ0n) is 20.3. The summed E-state index contributed by atoms with van der Waals surface area (Å²) in [7, 11) is -1.17. The molecule has 0 saturated carbocycles. The van der Waals surface area contributed by atoms with E-state index in [1.54, 1.807) is 67.8 Å². The number of thioether (sulfide) groups is 1. The van der Waals surface area contributed by atoms with Gasteiger partial charge in [-0.2, -0.15) is 8.42 Å². The number of rotatable bonds is 7. The summed E-state index contributed by atoms with van der Waals surface area (Å²) in [6, 6.07) is 24.0. The van der Waals surface area contributed by atoms with Gasteiger partial charge in [0.25, 0.3) is 5.91 Å². The Morgan fingerprint density at radius 3 is 2.34 bits per heavy atom. The van der Waals surface area contributed by atoms with Gasteiger partial charge in [-0.05, 0) is 59.5 Å². The van der Waals surface area contributed by atoms with Gasteiger partial charge < -0.3 is 13.7 Å². The maximum absolute atomic E-state index is 13.2. The van der Waals surface area contributed by atoms with Crippen LogP contribution >= 0.6 is 24.0 Å². The summed E-state index contributed by atoms with van der Waals surface area (Å²) in [6.07, 6.45) is 1.67. The highest BCUT2D eigenvalue weighted by Gasteiger charge is 2.33. The van der Waals surface area contributed by atoms with Crippen LogP contribution in [0.1, 0.15) is 5.56 Å². The quantitative estimate of drug-likeness (QED) is 0.153. The first-order chi connectivity index (χ1) is 18.3. The first-order valence-corrected chi connectivity index (χ1v) is 14.0. The number of ether oxygens (including phenoxy) is 2. The number of thiocarbonyl (C=S) groups is 1. The molecule has 0 aromatic heterocycles. The van der Waals surface area contributed by atoms with Gasteiger partial charge in [-0.3, -0.25) is 9.69 Å². The molecule has 0 bridgehead atoms. The minimum absolute atomic E-state index is 0.0309. The molecule has 7 nitrogen and oxygen atoms in total. The first-order valence-electron chi connectivity index (χ1n) is 11.3. The lowest BCUT2D eigenvalue weighted by molar-refractivity contribution is -0.113. The lowest BCUT2D eigenvalue weighted by Gasteiger charge is -2.14. The predicted octanol–water partition coefficient (Wildman–Crippen LogP) is 6.03. The molecule has 0 atom stereocenters. The van der Waals surface area contributed by atoms with Crippen LogP contribution in [0.5, 0.6) is 17.2 Å². The highest BCUT2D eigenvalue weighted by molar-refractivity contribution is 8.27. The van der Waals surface area contributed by atoms with Crippen molar-refractivity contribution in [1.29, 1.82) is 0 Å². The molecule has 1 aliphatic heterocycles. The van der Waals surface area contributed by atoms with Crippen molar-refractivity contribution in [3.05, 3.63) is 95.4 Å². The molecule has 1 fully saturated rings. The number of hydrogen-bond acceptors (Lipinski definition) is 8. The molecule has 10 heteroatoms. The van der Waals surface area contributed by atoms with Crippen LogP contribution in [-0.2, 0) is 14.9 Å². The van der Waals surface area contributed by atoms with Crippen molar-refractivity contribution in [2.75, 3.05) is 19.1 Å². The second kappa shape index (κ2) is 10.5. The van der Waals surface area contributed by atoms with Gasteiger partial charge in [-0.25, -0.2) is 0 Å². The van der Waals surface area contributed by atoms with Gasteiger partial charge in [0.1, 0.15) is 10.6 Å². The molecule has 1 saturated heterocycles. The average Bonchev–Trinajstić information content (AvgIpc) is 3.21. The Bertz CT molecular complexity index is 1690. The fraction of sp³-hybridized carbons (Fsp3) is 0.0714. The highest BCUT2D eigenvalue weighted by Crippen LogP contribution is 2.38. The number of nitrogens with zero attached hydrogens (tertiary/aromatic N) is 1. The molecule has 4 aromatic carbocycles. The smallest absolute Gasteiger partial charge is 0.339 e. The van der Waals surface area contributed by atoms with Gasteiger partial charge in [0.15, 0.2) is 15.8 Å². The number of carbonyl (C=O) groups is 1. The predicted molar refractivity (Wildman–Crippen MR) is 153 cm³/mol. The topological polar surface area (TPSA) is 82.1 Å². The maximum atomic E-state index is 13.2. The molecule has 4 aromatic rings. The molecule has 38 heavy (non-hydrogen) atoms. The molecule has 0 spiro atoms. The lowest BCUT2D eigenvalue weighted by atomic mass is 10.1. The maximum Gasteiger partial charge on any atom is 0.339 e. The third-order valence-electron chi connectivity index (χ3n) is 5.83.